The van der Waals surface area contributed by atoms with Crippen LogP contribution >= 0.6 is 0 Å². The van der Waals surface area contributed by atoms with Gasteiger partial charge in [0.05, 0.1) is 6.33 Å². The van der Waals surface area contributed by atoms with Gasteiger partial charge in [-0.2, -0.15) is 4.98 Å². The van der Waals surface area contributed by atoms with Crippen LogP contribution in [0.15, 0.2) is 41.5 Å². The van der Waals surface area contributed by atoms with Crippen molar-refractivity contribution in [2.24, 2.45) is 0 Å². The van der Waals surface area contributed by atoms with Crippen LogP contribution in [0.25, 0.3) is 11.2 Å². The summed E-state index contributed by atoms with van der Waals surface area (Å²) < 4.78 is 11.5. The molecule has 40 heavy (non-hydrogen) atoms. The normalized spacial score (nSPS) is 10.8. The largest absolute Gasteiger partial charge is 0.480 e. The number of aliphatic carboxylic acids is 1. The van der Waals surface area contributed by atoms with E-state index in [4.69, 9.17) is 9.47 Å². The minimum Gasteiger partial charge on any atom is -0.480 e. The third-order valence-corrected chi connectivity index (χ3v) is 4.94. The Morgan fingerprint density at radius 3 is 2.48 bits per heavy atom. The first-order chi connectivity index (χ1) is 18.4. The minimum atomic E-state index is -1.26. The van der Waals surface area contributed by atoms with Crippen LogP contribution in [0.1, 0.15) is 26.3 Å². The van der Waals surface area contributed by atoms with E-state index in [0.717, 1.165) is 10.5 Å². The van der Waals surface area contributed by atoms with Gasteiger partial charge in [-0.25, -0.2) is 14.6 Å². The molecule has 2 heterocycles. The number of carbonyl (C=O) groups excluding carboxylic acids is 3. The first-order valence-electron chi connectivity index (χ1n) is 11.8. The fourth-order valence-corrected chi connectivity index (χ4v) is 3.29. The van der Waals surface area contributed by atoms with Crippen molar-refractivity contribution < 1.29 is 52.3 Å². The Morgan fingerprint density at radius 1 is 1.12 bits per heavy atom. The molecule has 213 valence electrons. The molecule has 3 amide bonds. The van der Waals surface area contributed by atoms with Crippen molar-refractivity contribution in [3.05, 3.63) is 52.6 Å². The molecule has 0 aliphatic rings. The number of alkyl carbamates (subject to hydrolysis) is 1. The molecule has 0 atom stereocenters. The van der Waals surface area contributed by atoms with Crippen LogP contribution < -0.4 is 16.2 Å². The number of carbonyl (C=O) groups is 4. The summed E-state index contributed by atoms with van der Waals surface area (Å²) in [6.07, 6.45) is -0.384. The summed E-state index contributed by atoms with van der Waals surface area (Å²) >= 11 is 0. The summed E-state index contributed by atoms with van der Waals surface area (Å²) in [5.41, 5.74) is -0.753. The molecule has 0 saturated heterocycles. The smallest absolute Gasteiger partial charge is 0.414 e. The van der Waals surface area contributed by atoms with Crippen molar-refractivity contribution in [2.75, 3.05) is 25.0 Å². The zero-order chi connectivity index (χ0) is 28.6. The number of anilines is 1. The van der Waals surface area contributed by atoms with Crippen LogP contribution in [-0.4, -0.2) is 78.8 Å². The summed E-state index contributed by atoms with van der Waals surface area (Å²) in [6.45, 7) is 3.84. The van der Waals surface area contributed by atoms with Crippen molar-refractivity contribution in [1.82, 2.24) is 29.7 Å². The molecular formula is C24H29N7O8V. The second-order valence-corrected chi connectivity index (χ2v) is 9.28. The molecular weight excluding hydrogens is 565 g/mol. The number of H-pyrrole nitrogens is 1. The maximum atomic E-state index is 12.9. The van der Waals surface area contributed by atoms with Gasteiger partial charge in [-0.3, -0.25) is 24.7 Å². The third-order valence-electron chi connectivity index (χ3n) is 4.94. The summed E-state index contributed by atoms with van der Waals surface area (Å²) in [6, 6.07) is 8.96. The van der Waals surface area contributed by atoms with Crippen LogP contribution in [0, 0.1) is 0 Å². The number of fused-ring (bicyclic) bond motifs is 1. The average Bonchev–Trinajstić information content (AvgIpc) is 3.24. The molecule has 16 heteroatoms. The van der Waals surface area contributed by atoms with Gasteiger partial charge < -0.3 is 29.4 Å². The van der Waals surface area contributed by atoms with Crippen LogP contribution in [0.2, 0.25) is 0 Å². The van der Waals surface area contributed by atoms with Gasteiger partial charge in [0.1, 0.15) is 25.3 Å². The van der Waals surface area contributed by atoms with E-state index in [1.54, 1.807) is 45.0 Å². The predicted molar refractivity (Wildman–Crippen MR) is 137 cm³/mol. The maximum Gasteiger partial charge on any atom is 0.414 e. The number of hydrogen-bond donors (Lipinski definition) is 4. The number of benzene rings is 1. The number of imidazole rings is 1. The Hall–Kier alpha value is -4.37. The topological polar surface area (TPSA) is 198 Å². The predicted octanol–water partition coefficient (Wildman–Crippen LogP) is 1.30. The molecule has 0 saturated carbocycles. The summed E-state index contributed by atoms with van der Waals surface area (Å²) in [5, 5.41) is 14.0. The third kappa shape index (κ3) is 9.74. The van der Waals surface area contributed by atoms with Crippen molar-refractivity contribution in [3.8, 4) is 0 Å². The molecule has 2 aromatic heterocycles. The number of ether oxygens (including phenoxy) is 2. The summed E-state index contributed by atoms with van der Waals surface area (Å²) in [7, 11) is 0. The summed E-state index contributed by atoms with van der Waals surface area (Å²) in [4.78, 5) is 72.2. The molecule has 0 unspecified atom stereocenters. The fourth-order valence-electron chi connectivity index (χ4n) is 3.29. The van der Waals surface area contributed by atoms with Crippen molar-refractivity contribution in [1.29, 1.82) is 0 Å². The second-order valence-electron chi connectivity index (χ2n) is 9.28. The Balaban J connectivity index is 0.00000560. The Kier molecular flexibility index (Phi) is 11.3. The van der Waals surface area contributed by atoms with Crippen LogP contribution in [0.3, 0.4) is 0 Å². The Bertz CT molecular complexity index is 1400. The van der Waals surface area contributed by atoms with Crippen molar-refractivity contribution in [3.63, 3.8) is 0 Å². The van der Waals surface area contributed by atoms with Gasteiger partial charge in [-0.1, -0.05) is 30.3 Å². The van der Waals surface area contributed by atoms with E-state index < -0.39 is 48.3 Å². The molecule has 3 rings (SSSR count). The Labute approximate surface area is 240 Å². The number of hydrogen-bond acceptors (Lipinski definition) is 9. The van der Waals surface area contributed by atoms with E-state index in [0.29, 0.717) is 0 Å². The first-order valence-corrected chi connectivity index (χ1v) is 11.8. The molecule has 4 N–H and O–H groups in total. The molecule has 0 aliphatic heterocycles. The van der Waals surface area contributed by atoms with Gasteiger partial charge in [-0.05, 0) is 26.3 Å². The fraction of sp³-hybridized carbons (Fsp3) is 0.375. The molecule has 1 aromatic carbocycles. The molecule has 0 aliphatic carbocycles. The van der Waals surface area contributed by atoms with Gasteiger partial charge in [0.15, 0.2) is 11.2 Å². The number of carboxylic acids is 1. The number of nitrogens with one attached hydrogen (secondary N) is 3. The van der Waals surface area contributed by atoms with E-state index in [-0.39, 0.29) is 55.4 Å². The number of nitrogens with zero attached hydrogens (tertiary/aromatic N) is 4. The summed E-state index contributed by atoms with van der Waals surface area (Å²) in [5.74, 6) is -2.13. The van der Waals surface area contributed by atoms with E-state index in [1.165, 1.54) is 10.9 Å². The van der Waals surface area contributed by atoms with Gasteiger partial charge in [0.2, 0.25) is 11.9 Å². The number of amides is 3. The zero-order valence-electron chi connectivity index (χ0n) is 22.0. The van der Waals surface area contributed by atoms with Gasteiger partial charge in [0, 0.05) is 31.6 Å². The number of carboxylic acid groups (broad SMARTS) is 1. The van der Waals surface area contributed by atoms with E-state index in [9.17, 15) is 29.1 Å². The number of aromatic amines is 1. The van der Waals surface area contributed by atoms with E-state index in [2.05, 4.69) is 25.6 Å². The minimum absolute atomic E-state index is 0. The molecule has 3 aromatic rings. The van der Waals surface area contributed by atoms with Crippen LogP contribution in [0.4, 0.5) is 15.5 Å². The second kappa shape index (κ2) is 14.1. The van der Waals surface area contributed by atoms with Crippen molar-refractivity contribution in [2.45, 2.75) is 39.5 Å². The van der Waals surface area contributed by atoms with Gasteiger partial charge in [-0.15, -0.1) is 0 Å². The van der Waals surface area contributed by atoms with E-state index >= 15 is 0 Å². The standard InChI is InChI=1S/C24H29N7O8.V/c1-24(2,3)39-22(36)25-9-10-30(12-17(33)34)16(32)11-31-14-26-18-19(31)27-21(28-20(18)35)29-23(37)38-13-15-7-5-4-6-8-15;/h4-8,14H,9-13H2,1-3H3,(H,25,36)(H,33,34)(H2,27,28,29,35,37);. The SMILES string of the molecule is CC(C)(C)OC(=O)NCCN(CC(=O)O)C(=O)Cn1cnc2c(=O)[nH]c(NC(=O)OCc3ccccc3)nc21.[V]. The van der Waals surface area contributed by atoms with E-state index in [1.807, 2.05) is 6.07 Å². The molecule has 1 radical (unpaired) electrons. The number of aromatic nitrogens is 4. The zero-order valence-corrected chi connectivity index (χ0v) is 23.4. The van der Waals surface area contributed by atoms with Gasteiger partial charge in [0.25, 0.3) is 5.56 Å². The molecule has 15 nitrogen and oxygen atoms in total. The molecule has 0 bridgehead atoms. The maximum absolute atomic E-state index is 12.9. The first kappa shape index (κ1) is 31.8. The Morgan fingerprint density at radius 2 is 1.82 bits per heavy atom. The number of rotatable bonds is 10. The van der Waals surface area contributed by atoms with Crippen LogP contribution in [0.5, 0.6) is 0 Å². The van der Waals surface area contributed by atoms with Gasteiger partial charge >= 0.3 is 18.2 Å². The van der Waals surface area contributed by atoms with Crippen LogP contribution in [-0.2, 0) is 50.8 Å². The van der Waals surface area contributed by atoms with Crippen molar-refractivity contribution >= 4 is 41.2 Å². The average molecular weight is 594 g/mol. The monoisotopic (exact) mass is 594 g/mol. The molecule has 0 spiro atoms. The quantitative estimate of drug-likeness (QED) is 0.265. The molecule has 0 fully saturated rings.